The van der Waals surface area contributed by atoms with Gasteiger partial charge in [-0.3, -0.25) is 18.3 Å². The molecule has 0 aliphatic carbocycles. The van der Waals surface area contributed by atoms with E-state index >= 15 is 0 Å². The topological polar surface area (TPSA) is 83.8 Å². The van der Waals surface area contributed by atoms with Crippen LogP contribution in [0.2, 0.25) is 0 Å². The normalized spacial score (nSPS) is 11.9. The number of hydrogen-bond donors (Lipinski definition) is 0. The van der Waals surface area contributed by atoms with Crippen LogP contribution in [0.5, 0.6) is 0 Å². The molecule has 0 unspecified atom stereocenters. The maximum atomic E-state index is 11.6. The Kier molecular flexibility index (Phi) is 13.2. The van der Waals surface area contributed by atoms with E-state index in [1.165, 1.54) is 56.0 Å². The van der Waals surface area contributed by atoms with E-state index in [0.717, 1.165) is 0 Å². The summed E-state index contributed by atoms with van der Waals surface area (Å²) >= 11 is 5.34. The van der Waals surface area contributed by atoms with Crippen molar-refractivity contribution < 1.29 is 19.3 Å². The molecule has 12 heteroatoms. The second-order valence-electron chi connectivity index (χ2n) is 4.00. The fourth-order valence-electron chi connectivity index (χ4n) is 0.850. The summed E-state index contributed by atoms with van der Waals surface area (Å²) in [7, 11) is 3.19. The van der Waals surface area contributed by atoms with Gasteiger partial charge in [0.15, 0.2) is 0 Å². The van der Waals surface area contributed by atoms with Crippen molar-refractivity contribution in [2.75, 3.05) is 38.1 Å². The van der Waals surface area contributed by atoms with Crippen LogP contribution in [0.15, 0.2) is 10.3 Å². The summed E-state index contributed by atoms with van der Waals surface area (Å²) in [4.78, 5) is 32.8. The van der Waals surface area contributed by atoms with Gasteiger partial charge in [-0.05, 0) is 50.3 Å². The van der Waals surface area contributed by atoms with Crippen molar-refractivity contribution in [1.82, 2.24) is 8.61 Å². The molecular weight excluding hydrogens is 392 g/mol. The number of amides is 2. The minimum Gasteiger partial charge on any atom is -0.296 e. The molecule has 0 bridgehead atoms. The summed E-state index contributed by atoms with van der Waals surface area (Å²) in [6.07, 6.45) is 2.59. The number of nitrogens with zero attached hydrogens (tertiary/aromatic N) is 4. The number of oxime groups is 2. The summed E-state index contributed by atoms with van der Waals surface area (Å²) in [6.45, 7) is 3.50. The lowest BCUT2D eigenvalue weighted by Crippen LogP contribution is -2.22. The van der Waals surface area contributed by atoms with Gasteiger partial charge >= 0.3 is 12.2 Å². The Morgan fingerprint density at radius 2 is 1.17 bits per heavy atom. The molecule has 138 valence electrons. The molecule has 24 heavy (non-hydrogen) atoms. The molecule has 8 nitrogen and oxygen atoms in total. The van der Waals surface area contributed by atoms with Crippen molar-refractivity contribution in [3.05, 3.63) is 0 Å². The minimum atomic E-state index is -0.548. The first-order valence-electron chi connectivity index (χ1n) is 6.64. The van der Waals surface area contributed by atoms with Gasteiger partial charge in [-0.2, -0.15) is 0 Å². The quantitative estimate of drug-likeness (QED) is 0.155. The molecule has 0 aromatic rings. The first-order valence-corrected chi connectivity index (χ1v) is 11.0. The molecule has 0 heterocycles. The number of rotatable bonds is 7. The van der Waals surface area contributed by atoms with Crippen LogP contribution >= 0.6 is 47.4 Å². The molecule has 0 saturated heterocycles. The fourth-order valence-corrected chi connectivity index (χ4v) is 2.50. The molecule has 0 atom stereocenters. The maximum Gasteiger partial charge on any atom is 0.445 e. The number of thioether (sulfide) groups is 2. The predicted octanol–water partition coefficient (Wildman–Crippen LogP) is 3.81. The molecule has 0 saturated carbocycles. The molecule has 0 rings (SSSR count). The second kappa shape index (κ2) is 13.6. The van der Waals surface area contributed by atoms with Crippen LogP contribution in [0.25, 0.3) is 0 Å². The Labute approximate surface area is 159 Å². The van der Waals surface area contributed by atoms with Gasteiger partial charge in [-0.15, -0.1) is 23.5 Å². The predicted molar refractivity (Wildman–Crippen MR) is 107 cm³/mol. The van der Waals surface area contributed by atoms with Gasteiger partial charge in [-0.1, -0.05) is 10.3 Å². The van der Waals surface area contributed by atoms with Gasteiger partial charge in [-0.25, -0.2) is 9.59 Å². The third kappa shape index (κ3) is 10.9. The van der Waals surface area contributed by atoms with Crippen LogP contribution in [-0.2, 0) is 9.68 Å². The second-order valence-corrected chi connectivity index (χ2v) is 8.43. The van der Waals surface area contributed by atoms with Crippen molar-refractivity contribution in [2.45, 2.75) is 13.8 Å². The lowest BCUT2D eigenvalue weighted by Gasteiger charge is -2.15. The summed E-state index contributed by atoms with van der Waals surface area (Å²) in [5.41, 5.74) is 0. The van der Waals surface area contributed by atoms with Crippen LogP contribution in [0.1, 0.15) is 13.8 Å². The highest BCUT2D eigenvalue weighted by Gasteiger charge is 2.13. The number of carbonyl (C=O) groups is 2. The standard InChI is InChI=1S/C12H22N4O4S4/c1-9(21-5)13-19-11(17)15(3)23-7-8-24-16(4)12(18)20-14-10(2)22-6/h7-8H2,1-6H3/b13-9+,14-10+. The van der Waals surface area contributed by atoms with Crippen molar-refractivity contribution in [1.29, 1.82) is 0 Å². The smallest absolute Gasteiger partial charge is 0.296 e. The van der Waals surface area contributed by atoms with Gasteiger partial charge < -0.3 is 0 Å². The van der Waals surface area contributed by atoms with E-state index in [-0.39, 0.29) is 0 Å². The highest BCUT2D eigenvalue weighted by atomic mass is 32.2. The molecule has 0 aliphatic heterocycles. The maximum absolute atomic E-state index is 11.6. The third-order valence-electron chi connectivity index (χ3n) is 2.26. The Hall–Kier alpha value is -0.720. The first kappa shape index (κ1) is 23.3. The monoisotopic (exact) mass is 414 g/mol. The van der Waals surface area contributed by atoms with Crippen LogP contribution in [-0.4, -0.2) is 69.0 Å². The number of hydrogen-bond acceptors (Lipinski definition) is 10. The average Bonchev–Trinajstić information content (AvgIpc) is 2.59. The van der Waals surface area contributed by atoms with Crippen LogP contribution in [0, 0.1) is 0 Å². The zero-order chi connectivity index (χ0) is 18.5. The third-order valence-corrected chi connectivity index (χ3v) is 5.70. The number of carbonyl (C=O) groups excluding carboxylic acids is 2. The summed E-state index contributed by atoms with van der Waals surface area (Å²) < 4.78 is 2.70. The van der Waals surface area contributed by atoms with E-state index in [2.05, 4.69) is 10.3 Å². The lowest BCUT2D eigenvalue weighted by molar-refractivity contribution is 0.136. The van der Waals surface area contributed by atoms with Gasteiger partial charge in [0.05, 0.1) is 0 Å². The molecule has 0 radical (unpaired) electrons. The highest BCUT2D eigenvalue weighted by Crippen LogP contribution is 2.15. The van der Waals surface area contributed by atoms with Gasteiger partial charge in [0.25, 0.3) is 0 Å². The van der Waals surface area contributed by atoms with Crippen LogP contribution in [0.4, 0.5) is 9.59 Å². The van der Waals surface area contributed by atoms with E-state index < -0.39 is 12.2 Å². The average molecular weight is 415 g/mol. The molecule has 2 amide bonds. The summed E-state index contributed by atoms with van der Waals surface area (Å²) in [5.74, 6) is 1.21. The Morgan fingerprint density at radius 3 is 1.46 bits per heavy atom. The fraction of sp³-hybridized carbons (Fsp3) is 0.667. The van der Waals surface area contributed by atoms with Gasteiger partial charge in [0.1, 0.15) is 10.1 Å². The summed E-state index contributed by atoms with van der Waals surface area (Å²) in [6, 6.07) is 0. The lowest BCUT2D eigenvalue weighted by atomic mass is 10.9. The molecule has 0 N–H and O–H groups in total. The van der Waals surface area contributed by atoms with Crippen molar-refractivity contribution in [2.24, 2.45) is 10.3 Å². The van der Waals surface area contributed by atoms with Crippen LogP contribution in [0.3, 0.4) is 0 Å². The van der Waals surface area contributed by atoms with Crippen LogP contribution < -0.4 is 0 Å². The minimum absolute atomic E-state index is 0.548. The summed E-state index contributed by atoms with van der Waals surface area (Å²) in [5, 5.41) is 8.67. The molecule has 0 aromatic carbocycles. The van der Waals surface area contributed by atoms with E-state index in [0.29, 0.717) is 21.6 Å². The SMILES string of the molecule is CS/C(C)=N/OC(=O)N(C)SCCSN(C)C(=O)O/N=C(\C)SC. The zero-order valence-corrected chi connectivity index (χ0v) is 17.7. The van der Waals surface area contributed by atoms with Gasteiger partial charge in [0, 0.05) is 25.6 Å². The first-order chi connectivity index (χ1) is 11.3. The molecule has 0 spiro atoms. The highest BCUT2D eigenvalue weighted by molar-refractivity contribution is 8.13. The molecule has 0 aromatic heterocycles. The molecular formula is C12H22N4O4S4. The Balaban J connectivity index is 3.99. The van der Waals surface area contributed by atoms with Crippen molar-refractivity contribution >= 4 is 69.7 Å². The van der Waals surface area contributed by atoms with E-state index in [1.807, 2.05) is 12.5 Å². The van der Waals surface area contributed by atoms with Crippen molar-refractivity contribution in [3.8, 4) is 0 Å². The van der Waals surface area contributed by atoms with E-state index in [4.69, 9.17) is 9.68 Å². The molecule has 0 aliphatic rings. The Bertz CT molecular complexity index is 434. The van der Waals surface area contributed by atoms with E-state index in [1.54, 1.807) is 27.9 Å². The molecule has 0 fully saturated rings. The van der Waals surface area contributed by atoms with Gasteiger partial charge in [0.2, 0.25) is 0 Å². The Morgan fingerprint density at radius 1 is 0.833 bits per heavy atom. The largest absolute Gasteiger partial charge is 0.445 e. The zero-order valence-electron chi connectivity index (χ0n) is 14.5. The van der Waals surface area contributed by atoms with E-state index in [9.17, 15) is 9.59 Å². The van der Waals surface area contributed by atoms with Crippen molar-refractivity contribution in [3.63, 3.8) is 0 Å².